The number of nitrogens with one attached hydrogen (secondary N) is 1. The van der Waals surface area contributed by atoms with Crippen molar-refractivity contribution in [3.05, 3.63) is 59.4 Å². The van der Waals surface area contributed by atoms with Crippen molar-refractivity contribution >= 4 is 43.5 Å². The molecule has 1 aliphatic rings. The maximum Gasteiger partial charge on any atom is 0.261 e. The summed E-state index contributed by atoms with van der Waals surface area (Å²) >= 11 is 6.96. The van der Waals surface area contributed by atoms with Gasteiger partial charge in [0.2, 0.25) is 5.43 Å². The molecule has 0 unspecified atom stereocenters. The predicted octanol–water partition coefficient (Wildman–Crippen LogP) is 5.40. The molecule has 0 saturated carbocycles. The minimum absolute atomic E-state index is 0.216. The number of halogens is 2. The van der Waals surface area contributed by atoms with E-state index in [4.69, 9.17) is 0 Å². The summed E-state index contributed by atoms with van der Waals surface area (Å²) in [6.45, 7) is 6.91. The number of rotatable bonds is 4. The van der Waals surface area contributed by atoms with Crippen molar-refractivity contribution in [2.45, 2.75) is 59.4 Å². The number of amides is 1. The van der Waals surface area contributed by atoms with Crippen molar-refractivity contribution in [3.63, 3.8) is 0 Å². The predicted molar refractivity (Wildman–Crippen MR) is 117 cm³/mol. The normalized spacial score (nSPS) is 13.4. The lowest BCUT2D eigenvalue weighted by molar-refractivity contribution is 0.102. The fourth-order valence-electron chi connectivity index (χ4n) is 3.84. The Morgan fingerprint density at radius 3 is 2.37 bits per heavy atom. The highest BCUT2D eigenvalue weighted by atomic mass is 79.9. The van der Waals surface area contributed by atoms with E-state index in [0.29, 0.717) is 4.47 Å². The van der Waals surface area contributed by atoms with Crippen LogP contribution < -0.4 is 10.7 Å². The maximum absolute atomic E-state index is 13.2. The second-order valence-electron chi connectivity index (χ2n) is 6.92. The van der Waals surface area contributed by atoms with Gasteiger partial charge < -0.3 is 9.88 Å². The molecular weight excluding hydrogens is 472 g/mol. The number of fused-ring (bicyclic) bond motifs is 1. The Morgan fingerprint density at radius 1 is 1.15 bits per heavy atom. The molecule has 1 aliphatic heterocycles. The minimum Gasteiger partial charge on any atom is -0.347 e. The lowest BCUT2D eigenvalue weighted by Gasteiger charge is -2.25. The molecular formula is C21H24Br2N2O2. The van der Waals surface area contributed by atoms with E-state index in [1.54, 1.807) is 0 Å². The van der Waals surface area contributed by atoms with Crippen molar-refractivity contribution in [2.24, 2.45) is 0 Å². The summed E-state index contributed by atoms with van der Waals surface area (Å²) < 4.78 is 3.61. The Balaban J connectivity index is 2.11. The highest BCUT2D eigenvalue weighted by Crippen LogP contribution is 2.29. The fraction of sp³-hybridized carbons (Fsp3) is 0.429. The molecule has 144 valence electrons. The lowest BCUT2D eigenvalue weighted by Crippen LogP contribution is -2.31. The fourth-order valence-corrected chi connectivity index (χ4v) is 4.80. The SMILES string of the molecule is CCc1cc(Br)cc(CC)c1NC(=O)c1c2n(c(C)c(Br)c1=O)CCCC2. The van der Waals surface area contributed by atoms with E-state index < -0.39 is 0 Å². The van der Waals surface area contributed by atoms with Gasteiger partial charge in [-0.1, -0.05) is 29.8 Å². The van der Waals surface area contributed by atoms with Crippen molar-refractivity contribution in [1.82, 2.24) is 4.57 Å². The van der Waals surface area contributed by atoms with Gasteiger partial charge in [0.25, 0.3) is 5.91 Å². The van der Waals surface area contributed by atoms with Crippen LogP contribution in [-0.4, -0.2) is 10.5 Å². The standard InChI is InChI=1S/C21H24Br2N2O2/c1-4-13-10-15(22)11-14(5-2)19(13)24-21(27)17-16-8-6-7-9-25(16)12(3)18(23)20(17)26/h10-11H,4-9H2,1-3H3,(H,24,27). The smallest absolute Gasteiger partial charge is 0.261 e. The molecule has 2 heterocycles. The first-order valence-electron chi connectivity index (χ1n) is 9.43. The second-order valence-corrected chi connectivity index (χ2v) is 8.63. The number of anilines is 1. The maximum atomic E-state index is 13.2. The number of aryl methyl sites for hydroxylation is 2. The van der Waals surface area contributed by atoms with Crippen LogP contribution in [0.5, 0.6) is 0 Å². The zero-order chi connectivity index (χ0) is 19.7. The molecule has 1 aromatic heterocycles. The number of pyridine rings is 1. The van der Waals surface area contributed by atoms with Gasteiger partial charge in [0.05, 0.1) is 4.47 Å². The number of benzene rings is 1. The molecule has 0 bridgehead atoms. The van der Waals surface area contributed by atoms with E-state index in [2.05, 4.69) is 55.6 Å². The summed E-state index contributed by atoms with van der Waals surface area (Å²) in [4.78, 5) is 26.2. The van der Waals surface area contributed by atoms with E-state index >= 15 is 0 Å². The van der Waals surface area contributed by atoms with Crippen LogP contribution in [0.4, 0.5) is 5.69 Å². The van der Waals surface area contributed by atoms with Crippen LogP contribution in [-0.2, 0) is 25.8 Å². The van der Waals surface area contributed by atoms with Gasteiger partial charge in [0, 0.05) is 28.1 Å². The molecule has 2 aromatic rings. The first kappa shape index (κ1) is 20.3. The largest absolute Gasteiger partial charge is 0.347 e. The third kappa shape index (κ3) is 3.79. The van der Waals surface area contributed by atoms with Crippen LogP contribution in [0.3, 0.4) is 0 Å². The van der Waals surface area contributed by atoms with Gasteiger partial charge in [-0.3, -0.25) is 9.59 Å². The number of carbonyl (C=O) groups is 1. The van der Waals surface area contributed by atoms with E-state index in [9.17, 15) is 9.59 Å². The van der Waals surface area contributed by atoms with Crippen molar-refractivity contribution in [1.29, 1.82) is 0 Å². The van der Waals surface area contributed by atoms with E-state index in [0.717, 1.165) is 71.3 Å². The Morgan fingerprint density at radius 2 is 1.78 bits per heavy atom. The quantitative estimate of drug-likeness (QED) is 0.617. The van der Waals surface area contributed by atoms with Crippen LogP contribution in [0.2, 0.25) is 0 Å². The Kier molecular flexibility index (Phi) is 6.26. The molecule has 1 amide bonds. The Bertz CT molecular complexity index is 939. The Labute approximate surface area is 176 Å². The molecule has 0 atom stereocenters. The summed E-state index contributed by atoms with van der Waals surface area (Å²) in [7, 11) is 0. The third-order valence-electron chi connectivity index (χ3n) is 5.30. The number of nitrogens with zero attached hydrogens (tertiary/aromatic N) is 1. The van der Waals surface area contributed by atoms with Crippen molar-refractivity contribution < 1.29 is 4.79 Å². The minimum atomic E-state index is -0.307. The van der Waals surface area contributed by atoms with E-state index in [1.165, 1.54) is 0 Å². The Hall–Kier alpha value is -1.40. The molecule has 3 rings (SSSR count). The van der Waals surface area contributed by atoms with Gasteiger partial charge in [-0.15, -0.1) is 0 Å². The van der Waals surface area contributed by atoms with Crippen molar-refractivity contribution in [2.75, 3.05) is 5.32 Å². The topological polar surface area (TPSA) is 51.1 Å². The number of aromatic nitrogens is 1. The summed E-state index contributed by atoms with van der Waals surface area (Å²) in [5.41, 5.74) is 4.78. The zero-order valence-electron chi connectivity index (χ0n) is 15.9. The molecule has 6 heteroatoms. The van der Waals surface area contributed by atoms with Crippen LogP contribution >= 0.6 is 31.9 Å². The molecule has 4 nitrogen and oxygen atoms in total. The van der Waals surface area contributed by atoms with Crippen molar-refractivity contribution in [3.8, 4) is 0 Å². The van der Waals surface area contributed by atoms with Gasteiger partial charge >= 0.3 is 0 Å². The monoisotopic (exact) mass is 494 g/mol. The lowest BCUT2D eigenvalue weighted by atomic mass is 9.99. The molecule has 27 heavy (non-hydrogen) atoms. The number of hydrogen-bond donors (Lipinski definition) is 1. The van der Waals surface area contributed by atoms with E-state index in [-0.39, 0.29) is 16.9 Å². The highest BCUT2D eigenvalue weighted by Gasteiger charge is 2.26. The summed E-state index contributed by atoms with van der Waals surface area (Å²) in [5.74, 6) is -0.307. The number of carbonyl (C=O) groups excluding carboxylic acids is 1. The average molecular weight is 496 g/mol. The van der Waals surface area contributed by atoms with Crippen LogP contribution in [0.25, 0.3) is 0 Å². The molecule has 0 fully saturated rings. The van der Waals surface area contributed by atoms with E-state index in [1.807, 2.05) is 19.1 Å². The average Bonchev–Trinajstić information content (AvgIpc) is 2.67. The van der Waals surface area contributed by atoms with Gasteiger partial charge in [-0.05, 0) is 78.2 Å². The third-order valence-corrected chi connectivity index (χ3v) is 6.69. The summed E-state index contributed by atoms with van der Waals surface area (Å²) in [5, 5.41) is 3.07. The van der Waals surface area contributed by atoms with Gasteiger partial charge in [0.1, 0.15) is 5.56 Å². The molecule has 0 spiro atoms. The molecule has 1 aromatic carbocycles. The zero-order valence-corrected chi connectivity index (χ0v) is 19.1. The van der Waals surface area contributed by atoms with Gasteiger partial charge in [0.15, 0.2) is 0 Å². The van der Waals surface area contributed by atoms with Gasteiger partial charge in [-0.25, -0.2) is 0 Å². The van der Waals surface area contributed by atoms with Gasteiger partial charge in [-0.2, -0.15) is 0 Å². The molecule has 0 aliphatic carbocycles. The second kappa shape index (κ2) is 8.31. The first-order chi connectivity index (χ1) is 12.9. The molecule has 1 N–H and O–H groups in total. The summed E-state index contributed by atoms with van der Waals surface area (Å²) in [6, 6.07) is 4.06. The van der Waals surface area contributed by atoms with Crippen LogP contribution in [0.1, 0.15) is 59.6 Å². The first-order valence-corrected chi connectivity index (χ1v) is 11.0. The molecule has 0 radical (unpaired) electrons. The van der Waals surface area contributed by atoms with Crippen LogP contribution in [0, 0.1) is 6.92 Å². The molecule has 0 saturated heterocycles. The summed E-state index contributed by atoms with van der Waals surface area (Å²) in [6.07, 6.45) is 4.43. The van der Waals surface area contributed by atoms with Crippen LogP contribution in [0.15, 0.2) is 25.9 Å². The number of hydrogen-bond acceptors (Lipinski definition) is 2. The highest BCUT2D eigenvalue weighted by molar-refractivity contribution is 9.10.